The smallest absolute Gasteiger partial charge is 0.175 e. The monoisotopic (exact) mass is 228 g/mol. The summed E-state index contributed by atoms with van der Waals surface area (Å²) in [6.45, 7) is 0. The predicted molar refractivity (Wildman–Crippen MR) is 50.0 cm³/mol. The van der Waals surface area contributed by atoms with Crippen LogP contribution in [0.3, 0.4) is 0 Å². The Morgan fingerprint density at radius 1 is 1.58 bits per heavy atom. The molecule has 1 aromatic rings. The number of nitrogens with two attached hydrogens (primary N) is 1. The van der Waals surface area contributed by atoms with E-state index < -0.39 is 0 Å². The molecule has 1 saturated carbocycles. The van der Waals surface area contributed by atoms with E-state index in [1.807, 2.05) is 6.07 Å². The number of hydrogen-bond donors (Lipinski definition) is 1. The summed E-state index contributed by atoms with van der Waals surface area (Å²) in [5.41, 5.74) is 5.63. The molecule has 4 heteroatoms. The molecule has 1 aliphatic carbocycles. The quantitative estimate of drug-likeness (QED) is 0.843. The van der Waals surface area contributed by atoms with Crippen molar-refractivity contribution in [2.24, 2.45) is 0 Å². The van der Waals surface area contributed by atoms with Crippen LogP contribution in [-0.4, -0.2) is 11.1 Å². The maximum Gasteiger partial charge on any atom is 0.175 e. The lowest BCUT2D eigenvalue weighted by molar-refractivity contribution is 0.302. The maximum atomic E-state index is 5.63. The summed E-state index contributed by atoms with van der Waals surface area (Å²) in [6, 6.07) is 1.83. The van der Waals surface area contributed by atoms with Crippen LogP contribution in [0.15, 0.2) is 16.7 Å². The molecular formula is C8H9BrN2O. The Kier molecular flexibility index (Phi) is 1.92. The van der Waals surface area contributed by atoms with E-state index >= 15 is 0 Å². The van der Waals surface area contributed by atoms with Crippen LogP contribution in [0.25, 0.3) is 0 Å². The average Bonchev–Trinajstić information content (AvgIpc) is 2.80. The molecule has 0 aromatic carbocycles. The molecule has 1 fully saturated rings. The van der Waals surface area contributed by atoms with E-state index in [0.717, 1.165) is 17.3 Å². The fraction of sp³-hybridized carbons (Fsp3) is 0.375. The molecule has 2 N–H and O–H groups in total. The minimum absolute atomic E-state index is 0.354. The zero-order chi connectivity index (χ0) is 8.55. The summed E-state index contributed by atoms with van der Waals surface area (Å²) >= 11 is 3.36. The van der Waals surface area contributed by atoms with Gasteiger partial charge in [0.1, 0.15) is 0 Å². The SMILES string of the molecule is Nc1nccc(Br)c1OC1CC1. The van der Waals surface area contributed by atoms with Crippen LogP contribution in [0.2, 0.25) is 0 Å². The first-order valence-electron chi connectivity index (χ1n) is 3.84. The summed E-state index contributed by atoms with van der Waals surface area (Å²) in [5.74, 6) is 1.14. The van der Waals surface area contributed by atoms with E-state index in [1.54, 1.807) is 6.20 Å². The minimum atomic E-state index is 0.354. The van der Waals surface area contributed by atoms with E-state index in [-0.39, 0.29) is 0 Å². The molecule has 0 radical (unpaired) electrons. The number of anilines is 1. The summed E-state index contributed by atoms with van der Waals surface area (Å²) in [5, 5.41) is 0. The highest BCUT2D eigenvalue weighted by atomic mass is 79.9. The molecule has 0 amide bonds. The van der Waals surface area contributed by atoms with Gasteiger partial charge >= 0.3 is 0 Å². The Bertz CT molecular complexity index is 279. The Balaban J connectivity index is 2.26. The Labute approximate surface area is 79.1 Å². The van der Waals surface area contributed by atoms with Crippen LogP contribution in [0.4, 0.5) is 5.82 Å². The predicted octanol–water partition coefficient (Wildman–Crippen LogP) is 1.97. The molecular weight excluding hydrogens is 220 g/mol. The summed E-state index contributed by atoms with van der Waals surface area (Å²) in [7, 11) is 0. The number of pyridine rings is 1. The molecule has 64 valence electrons. The number of rotatable bonds is 2. The van der Waals surface area contributed by atoms with E-state index in [1.165, 1.54) is 0 Å². The van der Waals surface area contributed by atoms with Crippen molar-refractivity contribution in [1.29, 1.82) is 0 Å². The van der Waals surface area contributed by atoms with Crippen LogP contribution >= 0.6 is 15.9 Å². The molecule has 1 heterocycles. The van der Waals surface area contributed by atoms with Crippen molar-refractivity contribution in [3.05, 3.63) is 16.7 Å². The second-order valence-corrected chi connectivity index (χ2v) is 3.68. The lowest BCUT2D eigenvalue weighted by Gasteiger charge is -2.07. The van der Waals surface area contributed by atoms with Crippen LogP contribution in [0.5, 0.6) is 5.75 Å². The highest BCUT2D eigenvalue weighted by molar-refractivity contribution is 9.10. The Morgan fingerprint density at radius 2 is 2.33 bits per heavy atom. The third-order valence-electron chi connectivity index (χ3n) is 1.69. The Morgan fingerprint density at radius 3 is 2.92 bits per heavy atom. The molecule has 2 rings (SSSR count). The van der Waals surface area contributed by atoms with Gasteiger partial charge in [-0.1, -0.05) is 0 Å². The van der Waals surface area contributed by atoms with Crippen LogP contribution in [-0.2, 0) is 0 Å². The van der Waals surface area contributed by atoms with Gasteiger partial charge in [0.2, 0.25) is 0 Å². The Hall–Kier alpha value is -0.770. The zero-order valence-corrected chi connectivity index (χ0v) is 8.04. The number of nitrogens with zero attached hydrogens (tertiary/aromatic N) is 1. The number of ether oxygens (including phenoxy) is 1. The van der Waals surface area contributed by atoms with E-state index in [0.29, 0.717) is 17.7 Å². The molecule has 0 saturated heterocycles. The first-order valence-corrected chi connectivity index (χ1v) is 4.63. The second kappa shape index (κ2) is 2.94. The minimum Gasteiger partial charge on any atom is -0.485 e. The molecule has 3 nitrogen and oxygen atoms in total. The lowest BCUT2D eigenvalue weighted by Crippen LogP contribution is -2.01. The summed E-state index contributed by atoms with van der Waals surface area (Å²) in [6.07, 6.45) is 4.26. The van der Waals surface area contributed by atoms with Gasteiger partial charge in [-0.15, -0.1) is 0 Å². The first-order chi connectivity index (χ1) is 5.77. The molecule has 1 aromatic heterocycles. The van der Waals surface area contributed by atoms with Crippen LogP contribution < -0.4 is 10.5 Å². The van der Waals surface area contributed by atoms with Gasteiger partial charge < -0.3 is 10.5 Å². The number of nitrogen functional groups attached to an aromatic ring is 1. The fourth-order valence-corrected chi connectivity index (χ4v) is 1.32. The molecule has 0 bridgehead atoms. The van der Waals surface area contributed by atoms with Gasteiger partial charge in [-0.05, 0) is 34.8 Å². The largest absolute Gasteiger partial charge is 0.485 e. The van der Waals surface area contributed by atoms with Gasteiger partial charge in [0.15, 0.2) is 11.6 Å². The number of hydrogen-bond acceptors (Lipinski definition) is 3. The van der Waals surface area contributed by atoms with E-state index in [9.17, 15) is 0 Å². The second-order valence-electron chi connectivity index (χ2n) is 2.82. The lowest BCUT2D eigenvalue weighted by atomic mass is 10.4. The average molecular weight is 229 g/mol. The van der Waals surface area contributed by atoms with Crippen molar-refractivity contribution in [2.45, 2.75) is 18.9 Å². The van der Waals surface area contributed by atoms with Gasteiger partial charge in [0.05, 0.1) is 10.6 Å². The molecule has 0 atom stereocenters. The van der Waals surface area contributed by atoms with E-state index in [2.05, 4.69) is 20.9 Å². The third-order valence-corrected chi connectivity index (χ3v) is 2.32. The zero-order valence-electron chi connectivity index (χ0n) is 6.46. The summed E-state index contributed by atoms with van der Waals surface area (Å²) in [4.78, 5) is 3.94. The van der Waals surface area contributed by atoms with Crippen molar-refractivity contribution >= 4 is 21.7 Å². The molecule has 0 unspecified atom stereocenters. The molecule has 0 spiro atoms. The van der Waals surface area contributed by atoms with Crippen LogP contribution in [0, 0.1) is 0 Å². The number of aromatic nitrogens is 1. The highest BCUT2D eigenvalue weighted by Gasteiger charge is 2.25. The third kappa shape index (κ3) is 1.53. The van der Waals surface area contributed by atoms with Crippen molar-refractivity contribution in [1.82, 2.24) is 4.98 Å². The molecule has 12 heavy (non-hydrogen) atoms. The normalized spacial score (nSPS) is 16.1. The van der Waals surface area contributed by atoms with Gasteiger partial charge in [-0.25, -0.2) is 4.98 Å². The van der Waals surface area contributed by atoms with E-state index in [4.69, 9.17) is 10.5 Å². The van der Waals surface area contributed by atoms with Crippen molar-refractivity contribution < 1.29 is 4.74 Å². The molecule has 1 aliphatic rings. The van der Waals surface area contributed by atoms with Crippen LogP contribution in [0.1, 0.15) is 12.8 Å². The van der Waals surface area contributed by atoms with Crippen molar-refractivity contribution in [3.8, 4) is 5.75 Å². The topological polar surface area (TPSA) is 48.1 Å². The first kappa shape index (κ1) is 7.86. The van der Waals surface area contributed by atoms with Gasteiger partial charge in [-0.2, -0.15) is 0 Å². The summed E-state index contributed by atoms with van der Waals surface area (Å²) < 4.78 is 6.43. The van der Waals surface area contributed by atoms with Crippen molar-refractivity contribution in [3.63, 3.8) is 0 Å². The molecule has 0 aliphatic heterocycles. The maximum absolute atomic E-state index is 5.63. The van der Waals surface area contributed by atoms with Crippen molar-refractivity contribution in [2.75, 3.05) is 5.73 Å². The van der Waals surface area contributed by atoms with Gasteiger partial charge in [-0.3, -0.25) is 0 Å². The number of halogens is 1. The highest BCUT2D eigenvalue weighted by Crippen LogP contribution is 2.34. The van der Waals surface area contributed by atoms with Gasteiger partial charge in [0, 0.05) is 6.20 Å². The fourth-order valence-electron chi connectivity index (χ4n) is 0.909. The standard InChI is InChI=1S/C8H9BrN2O/c9-6-3-4-11-8(10)7(6)12-5-1-2-5/h3-5H,1-2H2,(H2,10,11). The van der Waals surface area contributed by atoms with Gasteiger partial charge in [0.25, 0.3) is 0 Å².